The number of piperidine rings is 2. The summed E-state index contributed by atoms with van der Waals surface area (Å²) >= 11 is 19.1. The SMILES string of the molecule is Cc1nc(N2CCC(C3CCCN([C@H]4C[C@](C)(C(=O)O)C4)C3)CC2)nc(N[C@H](C)c2ccc(Cl)cc2Cl)c1Cl. The predicted octanol–water partition coefficient (Wildman–Crippen LogP) is 7.10. The van der Waals surface area contributed by atoms with Gasteiger partial charge in [0.15, 0.2) is 5.82 Å². The number of aryl methyl sites for hydroxylation is 1. The van der Waals surface area contributed by atoms with Crippen molar-refractivity contribution < 1.29 is 9.90 Å². The molecule has 0 spiro atoms. The van der Waals surface area contributed by atoms with E-state index >= 15 is 0 Å². The number of carbonyl (C=O) groups is 1. The number of hydrogen-bond acceptors (Lipinski definition) is 6. The molecule has 0 radical (unpaired) electrons. The molecule has 2 N–H and O–H groups in total. The Kier molecular flexibility index (Phi) is 8.54. The van der Waals surface area contributed by atoms with Crippen molar-refractivity contribution in [2.45, 2.75) is 71.4 Å². The maximum Gasteiger partial charge on any atom is 0.309 e. The molecule has 2 aromatic rings. The lowest BCUT2D eigenvalue weighted by Gasteiger charge is -2.51. The Labute approximate surface area is 246 Å². The molecule has 3 fully saturated rings. The normalized spacial score (nSPS) is 27.2. The number of rotatable bonds is 7. The van der Waals surface area contributed by atoms with Gasteiger partial charge in [-0.3, -0.25) is 4.79 Å². The van der Waals surface area contributed by atoms with E-state index in [1.165, 1.54) is 12.8 Å². The quantitative estimate of drug-likeness (QED) is 0.354. The van der Waals surface area contributed by atoms with Gasteiger partial charge >= 0.3 is 5.97 Å². The number of benzene rings is 1. The summed E-state index contributed by atoms with van der Waals surface area (Å²) in [6.07, 6.45) is 6.25. The van der Waals surface area contributed by atoms with E-state index in [1.54, 1.807) is 6.07 Å². The van der Waals surface area contributed by atoms with Crippen LogP contribution >= 0.6 is 34.8 Å². The molecule has 1 aromatic carbocycles. The van der Waals surface area contributed by atoms with E-state index < -0.39 is 11.4 Å². The van der Waals surface area contributed by atoms with Gasteiger partial charge in [0.2, 0.25) is 5.95 Å². The number of halogens is 3. The van der Waals surface area contributed by atoms with Crippen molar-refractivity contribution in [3.05, 3.63) is 44.5 Å². The van der Waals surface area contributed by atoms with Crippen LogP contribution in [0.15, 0.2) is 18.2 Å². The standard InChI is InChI=1S/C29H38Cl3N5O2/c1-17(23-7-6-21(30)13-24(23)31)33-26-25(32)18(2)34-28(35-26)36-11-8-19(9-12-36)20-5-4-10-37(16-20)22-14-29(3,15-22)27(38)39/h6-7,13,17,19-20,22H,4-5,8-12,14-16H2,1-3H3,(H,38,39)(H,33,34,35)/t17-,20?,22-,29-/m1/s1. The van der Waals surface area contributed by atoms with Gasteiger partial charge in [-0.2, -0.15) is 4.98 Å². The molecule has 0 bridgehead atoms. The second kappa shape index (κ2) is 11.6. The van der Waals surface area contributed by atoms with Crippen molar-refractivity contribution >= 4 is 52.5 Å². The number of carboxylic acid groups (broad SMARTS) is 1. The summed E-state index contributed by atoms with van der Waals surface area (Å²) in [6.45, 7) is 9.86. The second-order valence-corrected chi connectivity index (χ2v) is 13.2. The number of nitrogens with zero attached hydrogens (tertiary/aromatic N) is 4. The zero-order valence-corrected chi connectivity index (χ0v) is 25.2. The average Bonchev–Trinajstić information content (AvgIpc) is 2.89. The zero-order valence-electron chi connectivity index (χ0n) is 22.9. The van der Waals surface area contributed by atoms with E-state index in [0.29, 0.717) is 44.7 Å². The molecule has 2 aliphatic heterocycles. The van der Waals surface area contributed by atoms with Crippen molar-refractivity contribution in [2.24, 2.45) is 17.3 Å². The summed E-state index contributed by atoms with van der Waals surface area (Å²) in [5, 5.41) is 14.6. The predicted molar refractivity (Wildman–Crippen MR) is 158 cm³/mol. The molecule has 0 amide bonds. The Balaban J connectivity index is 1.20. The summed E-state index contributed by atoms with van der Waals surface area (Å²) in [4.78, 5) is 25.9. The van der Waals surface area contributed by atoms with Gasteiger partial charge in [-0.1, -0.05) is 40.9 Å². The van der Waals surface area contributed by atoms with Crippen molar-refractivity contribution in [2.75, 3.05) is 36.4 Å². The van der Waals surface area contributed by atoms with Crippen LogP contribution in [0.2, 0.25) is 15.1 Å². The molecule has 212 valence electrons. The van der Waals surface area contributed by atoms with Crippen LogP contribution in [0, 0.1) is 24.2 Å². The minimum Gasteiger partial charge on any atom is -0.481 e. The fraction of sp³-hybridized carbons (Fsp3) is 0.621. The third kappa shape index (κ3) is 6.12. The molecule has 1 unspecified atom stereocenters. The van der Waals surface area contributed by atoms with Crippen LogP contribution < -0.4 is 10.2 Å². The first kappa shape index (κ1) is 28.7. The fourth-order valence-electron chi connectivity index (χ4n) is 6.66. The first-order valence-corrected chi connectivity index (χ1v) is 15.2. The van der Waals surface area contributed by atoms with Crippen LogP contribution in [-0.4, -0.2) is 58.2 Å². The molecule has 7 nitrogen and oxygen atoms in total. The zero-order chi connectivity index (χ0) is 27.9. The van der Waals surface area contributed by atoms with Crippen LogP contribution in [0.5, 0.6) is 0 Å². The molecule has 3 aliphatic rings. The monoisotopic (exact) mass is 593 g/mol. The molecule has 10 heteroatoms. The molecule has 1 aliphatic carbocycles. The van der Waals surface area contributed by atoms with Gasteiger partial charge in [0.1, 0.15) is 5.02 Å². The van der Waals surface area contributed by atoms with Crippen molar-refractivity contribution in [1.82, 2.24) is 14.9 Å². The van der Waals surface area contributed by atoms with Gasteiger partial charge in [0, 0.05) is 35.7 Å². The minimum absolute atomic E-state index is 0.113. The molecular formula is C29H38Cl3N5O2. The summed E-state index contributed by atoms with van der Waals surface area (Å²) in [6, 6.07) is 5.80. The van der Waals surface area contributed by atoms with Crippen LogP contribution in [0.1, 0.15) is 69.7 Å². The first-order valence-electron chi connectivity index (χ1n) is 14.0. The maximum absolute atomic E-state index is 11.5. The highest BCUT2D eigenvalue weighted by Gasteiger charge is 2.49. The average molecular weight is 595 g/mol. The largest absolute Gasteiger partial charge is 0.481 e. The van der Waals surface area contributed by atoms with E-state index in [4.69, 9.17) is 44.8 Å². The van der Waals surface area contributed by atoms with Crippen molar-refractivity contribution in [3.63, 3.8) is 0 Å². The van der Waals surface area contributed by atoms with Crippen LogP contribution in [-0.2, 0) is 4.79 Å². The minimum atomic E-state index is -0.652. The van der Waals surface area contributed by atoms with E-state index in [1.807, 2.05) is 32.9 Å². The van der Waals surface area contributed by atoms with E-state index in [-0.39, 0.29) is 6.04 Å². The first-order chi connectivity index (χ1) is 18.5. The Hall–Kier alpha value is -1.80. The Morgan fingerprint density at radius 2 is 1.82 bits per heavy atom. The molecule has 2 saturated heterocycles. The summed E-state index contributed by atoms with van der Waals surface area (Å²) < 4.78 is 0. The molecule has 3 heterocycles. The Morgan fingerprint density at radius 1 is 1.10 bits per heavy atom. The third-order valence-electron chi connectivity index (χ3n) is 9.17. The number of hydrogen-bond donors (Lipinski definition) is 2. The Morgan fingerprint density at radius 3 is 2.49 bits per heavy atom. The molecule has 1 saturated carbocycles. The molecule has 2 atom stereocenters. The summed E-state index contributed by atoms with van der Waals surface area (Å²) in [5.74, 6) is 2.01. The smallest absolute Gasteiger partial charge is 0.309 e. The van der Waals surface area contributed by atoms with E-state index in [2.05, 4.69) is 15.1 Å². The number of anilines is 2. The van der Waals surface area contributed by atoms with Crippen molar-refractivity contribution in [1.29, 1.82) is 0 Å². The molecular weight excluding hydrogens is 557 g/mol. The van der Waals surface area contributed by atoms with Gasteiger partial charge in [-0.15, -0.1) is 0 Å². The number of nitrogens with one attached hydrogen (secondary N) is 1. The van der Waals surface area contributed by atoms with Crippen LogP contribution in [0.3, 0.4) is 0 Å². The number of aliphatic carboxylic acids is 1. The van der Waals surface area contributed by atoms with Gasteiger partial charge in [-0.05, 0) is 95.4 Å². The van der Waals surface area contributed by atoms with Gasteiger partial charge < -0.3 is 20.2 Å². The second-order valence-electron chi connectivity index (χ2n) is 12.0. The lowest BCUT2D eigenvalue weighted by molar-refractivity contribution is -0.158. The maximum atomic E-state index is 11.5. The molecule has 1 aromatic heterocycles. The third-order valence-corrected chi connectivity index (χ3v) is 10.2. The number of aromatic nitrogens is 2. The van der Waals surface area contributed by atoms with E-state index in [9.17, 15) is 9.90 Å². The topological polar surface area (TPSA) is 81.6 Å². The summed E-state index contributed by atoms with van der Waals surface area (Å²) in [5.41, 5.74) is 1.14. The Bertz CT molecular complexity index is 1210. The van der Waals surface area contributed by atoms with Crippen LogP contribution in [0.4, 0.5) is 11.8 Å². The molecule has 5 rings (SSSR count). The fourth-order valence-corrected chi connectivity index (χ4v) is 7.37. The van der Waals surface area contributed by atoms with E-state index in [0.717, 1.165) is 63.1 Å². The highest BCUT2D eigenvalue weighted by Crippen LogP contribution is 2.45. The number of likely N-dealkylation sites (tertiary alicyclic amines) is 1. The van der Waals surface area contributed by atoms with Gasteiger partial charge in [-0.25, -0.2) is 4.98 Å². The van der Waals surface area contributed by atoms with Crippen molar-refractivity contribution in [3.8, 4) is 0 Å². The highest BCUT2D eigenvalue weighted by atomic mass is 35.5. The van der Waals surface area contributed by atoms with Gasteiger partial charge in [0.25, 0.3) is 0 Å². The lowest BCUT2D eigenvalue weighted by Crippen LogP contribution is -2.56. The summed E-state index contributed by atoms with van der Waals surface area (Å²) in [7, 11) is 0. The van der Waals surface area contributed by atoms with Gasteiger partial charge in [0.05, 0.1) is 17.2 Å². The number of carboxylic acids is 1. The highest BCUT2D eigenvalue weighted by molar-refractivity contribution is 6.35. The van der Waals surface area contributed by atoms with Crippen LogP contribution in [0.25, 0.3) is 0 Å². The lowest BCUT2D eigenvalue weighted by atomic mass is 9.65. The molecule has 39 heavy (non-hydrogen) atoms.